The Morgan fingerprint density at radius 3 is 1.20 bits per heavy atom. The van der Waals surface area contributed by atoms with Crippen molar-refractivity contribution in [3.05, 3.63) is 0 Å². The third-order valence-corrected chi connectivity index (χ3v) is 9.95. The first-order valence-corrected chi connectivity index (χ1v) is 9.14. The molecule has 0 aromatic heterocycles. The minimum atomic E-state index is -0.103. The van der Waals surface area contributed by atoms with Crippen LogP contribution in [0.3, 0.4) is 0 Å². The second-order valence-corrected chi connectivity index (χ2v) is 11.0. The van der Waals surface area contributed by atoms with Gasteiger partial charge in [-0.2, -0.15) is 0 Å². The summed E-state index contributed by atoms with van der Waals surface area (Å²) in [5, 5.41) is 0. The molecule has 3 heteroatoms. The predicted molar refractivity (Wildman–Crippen MR) is 71.2 cm³/mol. The van der Waals surface area contributed by atoms with Crippen LogP contribution in [-0.4, -0.2) is 22.6 Å². The van der Waals surface area contributed by atoms with Gasteiger partial charge in [-0.3, -0.25) is 0 Å². The normalized spacial score (nSPS) is 51.2. The molecule has 2 fully saturated rings. The summed E-state index contributed by atoms with van der Waals surface area (Å²) < 4.78 is 6.55. The molecule has 88 valence electrons. The molecule has 0 aromatic rings. The summed E-state index contributed by atoms with van der Waals surface area (Å²) in [7, 11) is -0.206. The molecule has 0 spiro atoms. The molecule has 0 aromatic carbocycles. The molecule has 0 amide bonds. The number of hydrogen-bond acceptors (Lipinski definition) is 1. The minimum absolute atomic E-state index is 0.103. The lowest BCUT2D eigenvalue weighted by atomic mass is 10.2. The van der Waals surface area contributed by atoms with Gasteiger partial charge in [-0.1, -0.05) is 27.7 Å². The fourth-order valence-corrected chi connectivity index (χ4v) is 9.57. The van der Waals surface area contributed by atoms with Gasteiger partial charge >= 0.3 is 0 Å². The van der Waals surface area contributed by atoms with Gasteiger partial charge in [0.05, 0.1) is 0 Å². The van der Waals surface area contributed by atoms with Crippen molar-refractivity contribution in [1.29, 1.82) is 0 Å². The van der Waals surface area contributed by atoms with Crippen molar-refractivity contribution in [2.45, 2.75) is 76.0 Å². The van der Waals surface area contributed by atoms with Crippen molar-refractivity contribution in [2.24, 2.45) is 0 Å². The highest BCUT2D eigenvalue weighted by atomic mass is 31.2. The van der Waals surface area contributed by atoms with Gasteiger partial charge in [-0.25, -0.2) is 0 Å². The van der Waals surface area contributed by atoms with Gasteiger partial charge in [0.1, 0.15) is 0 Å². The Bertz CT molecular complexity index is 180. The van der Waals surface area contributed by atoms with Crippen LogP contribution in [0.4, 0.5) is 0 Å². The number of hydrogen-bond donors (Lipinski definition) is 0. The fourth-order valence-electron chi connectivity index (χ4n) is 2.77. The molecule has 2 saturated heterocycles. The molecule has 0 N–H and O–H groups in total. The van der Waals surface area contributed by atoms with Crippen molar-refractivity contribution in [1.82, 2.24) is 0 Å². The molecule has 4 unspecified atom stereocenters. The zero-order valence-corrected chi connectivity index (χ0v) is 12.2. The molecule has 0 aliphatic carbocycles. The van der Waals surface area contributed by atoms with Gasteiger partial charge in [0.15, 0.2) is 0 Å². The summed E-state index contributed by atoms with van der Waals surface area (Å²) in [5.41, 5.74) is 3.44. The third kappa shape index (κ3) is 2.56. The summed E-state index contributed by atoms with van der Waals surface area (Å²) in [6.07, 6.45) is 5.61. The largest absolute Gasteiger partial charge is 0.336 e. The molecule has 2 heterocycles. The van der Waals surface area contributed by atoms with Crippen LogP contribution >= 0.6 is 16.3 Å². The van der Waals surface area contributed by atoms with E-state index in [0.717, 1.165) is 22.6 Å². The third-order valence-electron chi connectivity index (χ3n) is 3.93. The lowest BCUT2D eigenvalue weighted by molar-refractivity contribution is 0.650. The summed E-state index contributed by atoms with van der Waals surface area (Å²) in [5.74, 6) is 0. The maximum absolute atomic E-state index is 6.55. The van der Waals surface area contributed by atoms with Crippen LogP contribution in [-0.2, 0) is 4.31 Å². The maximum Gasteiger partial charge on any atom is 0.0398 e. The molecule has 15 heavy (non-hydrogen) atoms. The van der Waals surface area contributed by atoms with Crippen LogP contribution in [0.1, 0.15) is 53.4 Å². The van der Waals surface area contributed by atoms with E-state index in [0.29, 0.717) is 0 Å². The first-order valence-electron chi connectivity index (χ1n) is 6.34. The van der Waals surface area contributed by atoms with Crippen molar-refractivity contribution in [3.8, 4) is 0 Å². The molecular formula is C12H24OP2. The summed E-state index contributed by atoms with van der Waals surface area (Å²) in [6.45, 7) is 9.60. The van der Waals surface area contributed by atoms with Crippen molar-refractivity contribution in [3.63, 3.8) is 0 Å². The van der Waals surface area contributed by atoms with Crippen LogP contribution in [0, 0.1) is 0 Å². The Hall–Kier alpha value is 0.820. The molecule has 2 aliphatic rings. The minimum Gasteiger partial charge on any atom is -0.336 e. The van der Waals surface area contributed by atoms with Crippen LogP contribution in [0.5, 0.6) is 0 Å². The van der Waals surface area contributed by atoms with E-state index >= 15 is 0 Å². The van der Waals surface area contributed by atoms with Crippen LogP contribution in [0.2, 0.25) is 0 Å². The van der Waals surface area contributed by atoms with Gasteiger partial charge < -0.3 is 4.31 Å². The Morgan fingerprint density at radius 1 is 0.667 bits per heavy atom. The van der Waals surface area contributed by atoms with Gasteiger partial charge in [0, 0.05) is 38.9 Å². The zero-order chi connectivity index (χ0) is 11.0. The molecule has 0 bridgehead atoms. The second-order valence-electron chi connectivity index (χ2n) is 5.35. The van der Waals surface area contributed by atoms with Gasteiger partial charge in [-0.15, -0.1) is 0 Å². The van der Waals surface area contributed by atoms with E-state index in [-0.39, 0.29) is 16.3 Å². The first-order chi connectivity index (χ1) is 7.09. The van der Waals surface area contributed by atoms with Gasteiger partial charge in [-0.05, 0) is 25.7 Å². The standard InChI is InChI=1S/C12H24OP2/c1-9-5-6-10(2)14(9)13-15-11(3)7-8-12(15)4/h9-12H,5-8H2,1-4H3. The van der Waals surface area contributed by atoms with E-state index in [1.165, 1.54) is 25.7 Å². The molecule has 1 nitrogen and oxygen atoms in total. The molecule has 0 radical (unpaired) electrons. The highest BCUT2D eigenvalue weighted by Gasteiger charge is 2.38. The second kappa shape index (κ2) is 4.99. The lowest BCUT2D eigenvalue weighted by Gasteiger charge is -2.29. The van der Waals surface area contributed by atoms with Crippen LogP contribution in [0.25, 0.3) is 0 Å². The van der Waals surface area contributed by atoms with Crippen LogP contribution in [0.15, 0.2) is 0 Å². The summed E-state index contributed by atoms with van der Waals surface area (Å²) in [6, 6.07) is 0. The maximum atomic E-state index is 6.55. The average molecular weight is 246 g/mol. The Morgan fingerprint density at radius 2 is 0.933 bits per heavy atom. The Kier molecular flexibility index (Phi) is 4.08. The first kappa shape index (κ1) is 12.3. The van der Waals surface area contributed by atoms with Crippen molar-refractivity contribution < 1.29 is 4.31 Å². The van der Waals surface area contributed by atoms with Crippen molar-refractivity contribution >= 4 is 16.3 Å². The highest BCUT2D eigenvalue weighted by molar-refractivity contribution is 7.67. The van der Waals surface area contributed by atoms with E-state index in [1.807, 2.05) is 0 Å². The van der Waals surface area contributed by atoms with E-state index in [1.54, 1.807) is 0 Å². The fraction of sp³-hybridized carbons (Fsp3) is 1.00. The number of rotatable bonds is 2. The molecule has 0 saturated carbocycles. The van der Waals surface area contributed by atoms with Crippen molar-refractivity contribution in [2.75, 3.05) is 0 Å². The molecular weight excluding hydrogens is 222 g/mol. The average Bonchev–Trinajstić information content (AvgIpc) is 2.67. The predicted octanol–water partition coefficient (Wildman–Crippen LogP) is 4.94. The van der Waals surface area contributed by atoms with E-state index < -0.39 is 0 Å². The summed E-state index contributed by atoms with van der Waals surface area (Å²) in [4.78, 5) is 0. The zero-order valence-electron chi connectivity index (χ0n) is 10.4. The Balaban J connectivity index is 1.95. The smallest absolute Gasteiger partial charge is 0.0398 e. The lowest BCUT2D eigenvalue weighted by Crippen LogP contribution is -2.04. The summed E-state index contributed by atoms with van der Waals surface area (Å²) >= 11 is 0. The monoisotopic (exact) mass is 246 g/mol. The van der Waals surface area contributed by atoms with E-state index in [2.05, 4.69) is 27.7 Å². The van der Waals surface area contributed by atoms with E-state index in [9.17, 15) is 0 Å². The SMILES string of the molecule is CC1CCC(C)P1OP1C(C)CCC1C. The topological polar surface area (TPSA) is 9.23 Å². The van der Waals surface area contributed by atoms with Gasteiger partial charge in [0.25, 0.3) is 0 Å². The Labute approximate surface area is 97.0 Å². The molecule has 2 aliphatic heterocycles. The quantitative estimate of drug-likeness (QED) is 0.627. The van der Waals surface area contributed by atoms with E-state index in [4.69, 9.17) is 4.31 Å². The molecule has 4 atom stereocenters. The van der Waals surface area contributed by atoms with Gasteiger partial charge in [0.2, 0.25) is 0 Å². The highest BCUT2D eigenvalue weighted by Crippen LogP contribution is 2.69. The molecule has 2 rings (SSSR count). The van der Waals surface area contributed by atoms with Crippen LogP contribution < -0.4 is 0 Å².